The first-order valence-electron chi connectivity index (χ1n) is 7.97. The standard InChI is InChI=1S/C18H22F2N2O2/c19-18(20)14(10-11-15(21)17(18)24)12-22-16(23)9-5-4-8-13-6-2-1-3-7-13/h1-3,6-7,10-11,14,24H,4-5,8-9,12,21H2,(H,22,23). The van der Waals surface area contributed by atoms with E-state index >= 15 is 0 Å². The number of unbranched alkanes of at least 4 members (excludes halogenated alkanes) is 1. The minimum absolute atomic E-state index is 0.238. The predicted octanol–water partition coefficient (Wildman–Crippen LogP) is 3.07. The maximum atomic E-state index is 13.9. The van der Waals surface area contributed by atoms with Gasteiger partial charge >= 0.3 is 5.92 Å². The topological polar surface area (TPSA) is 75.3 Å². The summed E-state index contributed by atoms with van der Waals surface area (Å²) < 4.78 is 27.7. The summed E-state index contributed by atoms with van der Waals surface area (Å²) in [5, 5.41) is 11.9. The van der Waals surface area contributed by atoms with E-state index in [1.165, 1.54) is 17.7 Å². The van der Waals surface area contributed by atoms with Gasteiger partial charge in [-0.25, -0.2) is 0 Å². The third kappa shape index (κ3) is 4.57. The van der Waals surface area contributed by atoms with Crippen LogP contribution in [0.25, 0.3) is 0 Å². The lowest BCUT2D eigenvalue weighted by Gasteiger charge is -2.27. The first-order chi connectivity index (χ1) is 11.4. The summed E-state index contributed by atoms with van der Waals surface area (Å²) in [5.74, 6) is -6.15. The molecule has 0 radical (unpaired) electrons. The Morgan fingerprint density at radius 1 is 1.25 bits per heavy atom. The van der Waals surface area contributed by atoms with Crippen molar-refractivity contribution in [2.45, 2.75) is 31.6 Å². The number of aliphatic hydroxyl groups is 1. The lowest BCUT2D eigenvalue weighted by molar-refractivity contribution is -0.122. The van der Waals surface area contributed by atoms with E-state index in [-0.39, 0.29) is 18.1 Å². The Balaban J connectivity index is 1.69. The predicted molar refractivity (Wildman–Crippen MR) is 88.4 cm³/mol. The fraction of sp³-hybridized carbons (Fsp3) is 0.389. The lowest BCUT2D eigenvalue weighted by Crippen LogP contribution is -2.41. The quantitative estimate of drug-likeness (QED) is 0.670. The number of benzene rings is 1. The molecule has 1 atom stereocenters. The van der Waals surface area contributed by atoms with Gasteiger partial charge in [-0.15, -0.1) is 0 Å². The largest absolute Gasteiger partial charge is 0.505 e. The van der Waals surface area contributed by atoms with E-state index in [1.807, 2.05) is 30.3 Å². The monoisotopic (exact) mass is 336 g/mol. The van der Waals surface area contributed by atoms with Crippen molar-refractivity contribution in [3.63, 3.8) is 0 Å². The summed E-state index contributed by atoms with van der Waals surface area (Å²) in [6.45, 7) is -0.238. The zero-order valence-electron chi connectivity index (χ0n) is 13.3. The molecule has 1 amide bonds. The van der Waals surface area contributed by atoms with E-state index in [1.54, 1.807) is 0 Å². The Kier molecular flexibility index (Phi) is 5.95. The first kappa shape index (κ1) is 18.0. The fourth-order valence-corrected chi connectivity index (χ4v) is 2.56. The van der Waals surface area contributed by atoms with Gasteiger partial charge in [-0.05, 0) is 30.9 Å². The highest BCUT2D eigenvalue weighted by atomic mass is 19.3. The summed E-state index contributed by atoms with van der Waals surface area (Å²) in [6, 6.07) is 9.95. The number of alkyl halides is 2. The average molecular weight is 336 g/mol. The number of allylic oxidation sites excluding steroid dienone is 2. The molecule has 1 aromatic rings. The molecule has 0 bridgehead atoms. The highest BCUT2D eigenvalue weighted by Crippen LogP contribution is 2.36. The van der Waals surface area contributed by atoms with Gasteiger partial charge in [0.15, 0.2) is 5.76 Å². The van der Waals surface area contributed by atoms with E-state index in [9.17, 15) is 18.7 Å². The van der Waals surface area contributed by atoms with Crippen LogP contribution >= 0.6 is 0 Å². The van der Waals surface area contributed by atoms with Crippen LogP contribution in [0.5, 0.6) is 0 Å². The third-order valence-corrected chi connectivity index (χ3v) is 4.04. The van der Waals surface area contributed by atoms with Crippen molar-refractivity contribution in [2.24, 2.45) is 11.7 Å². The molecule has 1 unspecified atom stereocenters. The number of rotatable bonds is 7. The summed E-state index contributed by atoms with van der Waals surface area (Å²) >= 11 is 0. The van der Waals surface area contributed by atoms with Gasteiger partial charge in [0.2, 0.25) is 5.91 Å². The molecular formula is C18H22F2N2O2. The number of hydrogen-bond acceptors (Lipinski definition) is 3. The van der Waals surface area contributed by atoms with Crippen molar-refractivity contribution in [3.8, 4) is 0 Å². The Morgan fingerprint density at radius 2 is 1.96 bits per heavy atom. The third-order valence-electron chi connectivity index (χ3n) is 4.04. The van der Waals surface area contributed by atoms with Crippen molar-refractivity contribution < 1.29 is 18.7 Å². The molecular weight excluding hydrogens is 314 g/mol. The summed E-state index contributed by atoms with van der Waals surface area (Å²) in [6.07, 6.45) is 5.18. The second-order valence-electron chi connectivity index (χ2n) is 5.89. The SMILES string of the molecule is NC1=C(O)C(F)(F)C(CNC(=O)CCCCc2ccccc2)C=C1. The Labute approximate surface area is 140 Å². The van der Waals surface area contributed by atoms with Gasteiger partial charge in [-0.1, -0.05) is 36.4 Å². The molecule has 0 aliphatic heterocycles. The van der Waals surface area contributed by atoms with E-state index < -0.39 is 17.6 Å². The summed E-state index contributed by atoms with van der Waals surface area (Å²) in [4.78, 5) is 11.8. The number of amides is 1. The van der Waals surface area contributed by atoms with Crippen molar-refractivity contribution in [1.82, 2.24) is 5.32 Å². The molecule has 0 fully saturated rings. The second-order valence-corrected chi connectivity index (χ2v) is 5.89. The van der Waals surface area contributed by atoms with E-state index in [0.717, 1.165) is 12.8 Å². The van der Waals surface area contributed by atoms with Gasteiger partial charge in [0.1, 0.15) is 0 Å². The number of aryl methyl sites for hydroxylation is 1. The molecule has 1 aliphatic rings. The maximum absolute atomic E-state index is 13.9. The number of hydrogen-bond donors (Lipinski definition) is 3. The second kappa shape index (κ2) is 7.95. The molecule has 6 heteroatoms. The molecule has 2 rings (SSSR count). The van der Waals surface area contributed by atoms with Crippen molar-refractivity contribution in [1.29, 1.82) is 0 Å². The number of carbonyl (C=O) groups excluding carboxylic acids is 1. The van der Waals surface area contributed by atoms with Gasteiger partial charge in [-0.3, -0.25) is 4.79 Å². The lowest BCUT2D eigenvalue weighted by atomic mass is 9.93. The molecule has 0 aromatic heterocycles. The maximum Gasteiger partial charge on any atom is 0.313 e. The van der Waals surface area contributed by atoms with Gasteiger partial charge in [0, 0.05) is 13.0 Å². The molecule has 130 valence electrons. The Bertz CT molecular complexity index is 627. The van der Waals surface area contributed by atoms with Crippen LogP contribution in [0, 0.1) is 5.92 Å². The van der Waals surface area contributed by atoms with Gasteiger partial charge in [0.05, 0.1) is 11.6 Å². The fourth-order valence-electron chi connectivity index (χ4n) is 2.56. The molecule has 0 saturated carbocycles. The van der Waals surface area contributed by atoms with Gasteiger partial charge < -0.3 is 16.2 Å². The zero-order chi connectivity index (χ0) is 17.6. The minimum Gasteiger partial charge on any atom is -0.505 e. The van der Waals surface area contributed by atoms with Gasteiger partial charge in [0.25, 0.3) is 0 Å². The molecule has 1 aliphatic carbocycles. The minimum atomic E-state index is -3.46. The summed E-state index contributed by atoms with van der Waals surface area (Å²) in [5.41, 5.74) is 6.15. The Hall–Kier alpha value is -2.37. The zero-order valence-corrected chi connectivity index (χ0v) is 13.3. The molecule has 4 nitrogen and oxygen atoms in total. The van der Waals surface area contributed by atoms with Crippen LogP contribution in [0.2, 0.25) is 0 Å². The van der Waals surface area contributed by atoms with Crippen LogP contribution in [0.15, 0.2) is 53.9 Å². The molecule has 0 spiro atoms. The normalized spacial score (nSPS) is 19.3. The van der Waals surface area contributed by atoms with E-state index in [4.69, 9.17) is 5.73 Å². The summed E-state index contributed by atoms with van der Waals surface area (Å²) in [7, 11) is 0. The van der Waals surface area contributed by atoms with E-state index in [2.05, 4.69) is 5.32 Å². The van der Waals surface area contributed by atoms with Crippen LogP contribution in [0.3, 0.4) is 0 Å². The smallest absolute Gasteiger partial charge is 0.313 e. The highest BCUT2D eigenvalue weighted by Gasteiger charge is 2.45. The highest BCUT2D eigenvalue weighted by molar-refractivity contribution is 5.75. The first-order valence-corrected chi connectivity index (χ1v) is 7.97. The van der Waals surface area contributed by atoms with Crippen LogP contribution in [-0.2, 0) is 11.2 Å². The molecule has 4 N–H and O–H groups in total. The molecule has 24 heavy (non-hydrogen) atoms. The number of carbonyl (C=O) groups is 1. The van der Waals surface area contributed by atoms with Crippen LogP contribution < -0.4 is 11.1 Å². The van der Waals surface area contributed by atoms with Gasteiger partial charge in [-0.2, -0.15) is 8.78 Å². The van der Waals surface area contributed by atoms with E-state index in [0.29, 0.717) is 12.8 Å². The molecule has 1 aromatic carbocycles. The number of nitrogens with two attached hydrogens (primary N) is 1. The van der Waals surface area contributed by atoms with Crippen molar-refractivity contribution >= 4 is 5.91 Å². The Morgan fingerprint density at radius 3 is 2.67 bits per heavy atom. The number of aliphatic hydroxyl groups excluding tert-OH is 1. The molecule has 0 saturated heterocycles. The van der Waals surface area contributed by atoms with Crippen LogP contribution in [-0.4, -0.2) is 23.5 Å². The van der Waals surface area contributed by atoms with Crippen LogP contribution in [0.4, 0.5) is 8.78 Å². The van der Waals surface area contributed by atoms with Crippen LogP contribution in [0.1, 0.15) is 24.8 Å². The average Bonchev–Trinajstić information content (AvgIpc) is 2.57. The van der Waals surface area contributed by atoms with Crippen molar-refractivity contribution in [3.05, 3.63) is 59.5 Å². The molecule has 0 heterocycles. The number of nitrogens with one attached hydrogen (secondary N) is 1. The van der Waals surface area contributed by atoms with Crippen molar-refractivity contribution in [2.75, 3.05) is 6.54 Å². The number of halogens is 2.